The van der Waals surface area contributed by atoms with Crippen molar-refractivity contribution in [3.63, 3.8) is 0 Å². The van der Waals surface area contributed by atoms with Gasteiger partial charge in [0.1, 0.15) is 10.7 Å². The number of benzene rings is 1. The number of nitrogens with one attached hydrogen (secondary N) is 1. The number of piperidine rings is 1. The summed E-state index contributed by atoms with van der Waals surface area (Å²) in [6.45, 7) is 1.73. The molecule has 0 radical (unpaired) electrons. The number of sulfone groups is 1. The summed E-state index contributed by atoms with van der Waals surface area (Å²) < 4.78 is 56.3. The van der Waals surface area contributed by atoms with Crippen LogP contribution in [0.5, 0.6) is 5.75 Å². The van der Waals surface area contributed by atoms with Gasteiger partial charge in [0.15, 0.2) is 21.4 Å². The van der Waals surface area contributed by atoms with Crippen LogP contribution in [0.2, 0.25) is 0 Å². The zero-order valence-corrected chi connectivity index (χ0v) is 12.9. The highest BCUT2D eigenvalue weighted by Crippen LogP contribution is 2.33. The molecule has 0 amide bonds. The van der Waals surface area contributed by atoms with Gasteiger partial charge < -0.3 is 10.1 Å². The fraction of sp³-hybridized carbons (Fsp3) is 0.571. The molecular formula is C14H19F2NO3S. The number of rotatable bonds is 4. The van der Waals surface area contributed by atoms with Gasteiger partial charge in [-0.1, -0.05) is 0 Å². The van der Waals surface area contributed by atoms with Crippen LogP contribution in [0.1, 0.15) is 18.4 Å². The van der Waals surface area contributed by atoms with E-state index in [-0.39, 0.29) is 11.7 Å². The molecule has 0 aromatic heterocycles. The van der Waals surface area contributed by atoms with Crippen LogP contribution >= 0.6 is 0 Å². The first-order valence-corrected chi connectivity index (χ1v) is 8.69. The molecule has 1 aromatic rings. The monoisotopic (exact) mass is 319 g/mol. The smallest absolute Gasteiger partial charge is 0.186 e. The van der Waals surface area contributed by atoms with Crippen molar-refractivity contribution in [2.24, 2.45) is 5.92 Å². The minimum absolute atomic E-state index is 0.178. The maximum absolute atomic E-state index is 14.3. The van der Waals surface area contributed by atoms with Crippen LogP contribution in [0.25, 0.3) is 0 Å². The van der Waals surface area contributed by atoms with E-state index in [9.17, 15) is 17.2 Å². The molecule has 1 atom stereocenters. The Hall–Kier alpha value is -1.21. The average molecular weight is 319 g/mol. The normalized spacial score (nSPS) is 19.5. The zero-order valence-electron chi connectivity index (χ0n) is 12.1. The van der Waals surface area contributed by atoms with Crippen LogP contribution in [0, 0.1) is 17.6 Å². The summed E-state index contributed by atoms with van der Waals surface area (Å²) in [7, 11) is -2.73. The van der Waals surface area contributed by atoms with Gasteiger partial charge in [0.05, 0.1) is 7.11 Å². The lowest BCUT2D eigenvalue weighted by atomic mass is 9.92. The van der Waals surface area contributed by atoms with E-state index in [2.05, 4.69) is 5.32 Å². The number of methoxy groups -OCH3 is 1. The average Bonchev–Trinajstić information content (AvgIpc) is 2.38. The van der Waals surface area contributed by atoms with Crippen LogP contribution in [0.4, 0.5) is 8.78 Å². The quantitative estimate of drug-likeness (QED) is 0.921. The third kappa shape index (κ3) is 3.52. The largest absolute Gasteiger partial charge is 0.493 e. The second-order valence-electron chi connectivity index (χ2n) is 5.38. The van der Waals surface area contributed by atoms with Crippen molar-refractivity contribution >= 4 is 9.84 Å². The summed E-state index contributed by atoms with van der Waals surface area (Å²) in [5.74, 6) is -2.12. The molecule has 21 heavy (non-hydrogen) atoms. The standard InChI is InChI=1S/C14H19F2NO3S/c1-20-13-10(6-9-4-3-5-17-8-9)7-11(15)14(12(13)16)21(2,18)19/h7,9,17H,3-6,8H2,1-2H3. The predicted octanol–water partition coefficient (Wildman–Crippen LogP) is 1.92. The van der Waals surface area contributed by atoms with Crippen molar-refractivity contribution in [3.05, 3.63) is 23.3 Å². The molecule has 1 aliphatic heterocycles. The predicted molar refractivity (Wildman–Crippen MR) is 75.3 cm³/mol. The summed E-state index contributed by atoms with van der Waals surface area (Å²) in [5, 5.41) is 3.23. The van der Waals surface area contributed by atoms with Crippen molar-refractivity contribution in [2.45, 2.75) is 24.2 Å². The van der Waals surface area contributed by atoms with Gasteiger partial charge in [-0.2, -0.15) is 0 Å². The Bertz CT molecular complexity index is 626. The molecule has 1 saturated heterocycles. The Morgan fingerprint density at radius 3 is 2.67 bits per heavy atom. The van der Waals surface area contributed by atoms with Crippen molar-refractivity contribution < 1.29 is 21.9 Å². The van der Waals surface area contributed by atoms with E-state index in [1.807, 2.05) is 0 Å². The Balaban J connectivity index is 2.42. The molecule has 0 saturated carbocycles. The van der Waals surface area contributed by atoms with Crippen LogP contribution in [-0.2, 0) is 16.3 Å². The highest BCUT2D eigenvalue weighted by Gasteiger charge is 2.27. The van der Waals surface area contributed by atoms with E-state index >= 15 is 0 Å². The number of hydrogen-bond acceptors (Lipinski definition) is 4. The van der Waals surface area contributed by atoms with Crippen molar-refractivity contribution in [1.82, 2.24) is 5.32 Å². The molecule has 0 spiro atoms. The van der Waals surface area contributed by atoms with Gasteiger partial charge in [-0.05, 0) is 44.3 Å². The fourth-order valence-electron chi connectivity index (χ4n) is 2.75. The van der Waals surface area contributed by atoms with E-state index in [4.69, 9.17) is 4.74 Å². The molecular weight excluding hydrogens is 300 g/mol. The molecule has 7 heteroatoms. The van der Waals surface area contributed by atoms with E-state index < -0.39 is 26.4 Å². The van der Waals surface area contributed by atoms with Gasteiger partial charge in [0.2, 0.25) is 0 Å². The molecule has 1 aliphatic rings. The third-order valence-corrected chi connectivity index (χ3v) is 4.81. The lowest BCUT2D eigenvalue weighted by Gasteiger charge is -2.24. The van der Waals surface area contributed by atoms with E-state index in [0.717, 1.165) is 38.3 Å². The summed E-state index contributed by atoms with van der Waals surface area (Å²) in [6.07, 6.45) is 3.21. The minimum atomic E-state index is -3.99. The molecule has 4 nitrogen and oxygen atoms in total. The highest BCUT2D eigenvalue weighted by molar-refractivity contribution is 7.90. The van der Waals surface area contributed by atoms with Crippen molar-refractivity contribution in [1.29, 1.82) is 0 Å². The second-order valence-corrected chi connectivity index (χ2v) is 7.34. The molecule has 1 N–H and O–H groups in total. The van der Waals surface area contributed by atoms with Crippen LogP contribution in [0.15, 0.2) is 11.0 Å². The number of halogens is 2. The topological polar surface area (TPSA) is 55.4 Å². The van der Waals surface area contributed by atoms with Gasteiger partial charge in [0.25, 0.3) is 0 Å². The Morgan fingerprint density at radius 2 is 2.14 bits per heavy atom. The highest BCUT2D eigenvalue weighted by atomic mass is 32.2. The van der Waals surface area contributed by atoms with E-state index in [0.29, 0.717) is 12.0 Å². The Kier molecular flexibility index (Phi) is 4.83. The van der Waals surface area contributed by atoms with Crippen molar-refractivity contribution in [3.8, 4) is 5.75 Å². The Morgan fingerprint density at radius 1 is 1.43 bits per heavy atom. The summed E-state index contributed by atoms with van der Waals surface area (Å²) in [4.78, 5) is -0.926. The lowest BCUT2D eigenvalue weighted by molar-refractivity contribution is 0.347. The first-order chi connectivity index (χ1) is 9.84. The molecule has 1 fully saturated rings. The second kappa shape index (κ2) is 6.27. The summed E-state index contributed by atoms with van der Waals surface area (Å²) in [5.41, 5.74) is 0.369. The van der Waals surface area contributed by atoms with E-state index in [1.165, 1.54) is 7.11 Å². The molecule has 1 unspecified atom stereocenters. The number of hydrogen-bond donors (Lipinski definition) is 1. The lowest BCUT2D eigenvalue weighted by Crippen LogP contribution is -2.31. The maximum atomic E-state index is 14.3. The van der Waals surface area contributed by atoms with Gasteiger partial charge in [-0.15, -0.1) is 0 Å². The van der Waals surface area contributed by atoms with Crippen LogP contribution < -0.4 is 10.1 Å². The summed E-state index contributed by atoms with van der Waals surface area (Å²) >= 11 is 0. The van der Waals surface area contributed by atoms with Crippen LogP contribution in [-0.4, -0.2) is 34.9 Å². The van der Waals surface area contributed by atoms with Gasteiger partial charge in [-0.3, -0.25) is 0 Å². The first-order valence-electron chi connectivity index (χ1n) is 6.80. The molecule has 1 heterocycles. The van der Waals surface area contributed by atoms with Gasteiger partial charge in [0, 0.05) is 11.8 Å². The molecule has 0 aliphatic carbocycles. The fourth-order valence-corrected chi connectivity index (χ4v) is 3.59. The molecule has 0 bridgehead atoms. The maximum Gasteiger partial charge on any atom is 0.186 e. The summed E-state index contributed by atoms with van der Waals surface area (Å²) in [6, 6.07) is 1.08. The van der Waals surface area contributed by atoms with Crippen LogP contribution in [0.3, 0.4) is 0 Å². The first kappa shape index (κ1) is 16.2. The zero-order chi connectivity index (χ0) is 15.6. The van der Waals surface area contributed by atoms with Gasteiger partial charge in [-0.25, -0.2) is 17.2 Å². The number of ether oxygens (including phenoxy) is 1. The minimum Gasteiger partial charge on any atom is -0.493 e. The molecule has 2 rings (SSSR count). The van der Waals surface area contributed by atoms with E-state index in [1.54, 1.807) is 0 Å². The SMILES string of the molecule is COc1c(CC2CCCNC2)cc(F)c(S(C)(=O)=O)c1F. The molecule has 1 aromatic carbocycles. The Labute approximate surface area is 123 Å². The third-order valence-electron chi connectivity index (χ3n) is 3.69. The van der Waals surface area contributed by atoms with Crippen molar-refractivity contribution in [2.75, 3.05) is 26.5 Å². The molecule has 118 valence electrons. The van der Waals surface area contributed by atoms with Gasteiger partial charge >= 0.3 is 0 Å².